The van der Waals surface area contributed by atoms with Gasteiger partial charge in [-0.05, 0) is 28.4 Å². The van der Waals surface area contributed by atoms with Gasteiger partial charge in [-0.15, -0.1) is 18.1 Å². The van der Waals surface area contributed by atoms with E-state index in [1.807, 2.05) is 0 Å². The van der Waals surface area contributed by atoms with Crippen LogP contribution < -0.4 is 24.8 Å². The van der Waals surface area contributed by atoms with Gasteiger partial charge in [0.25, 0.3) is 0 Å². The molecule has 0 aliphatic heterocycles. The maximum Gasteiger partial charge on any atom is -0.0733 e. The van der Waals surface area contributed by atoms with Crippen molar-refractivity contribution in [1.29, 1.82) is 0 Å². The van der Waals surface area contributed by atoms with Gasteiger partial charge in [-0.25, -0.2) is 11.1 Å². The summed E-state index contributed by atoms with van der Waals surface area (Å²) in [5, 5.41) is 0. The Morgan fingerprint density at radius 3 is 1.38 bits per heavy atom. The van der Waals surface area contributed by atoms with Gasteiger partial charge in [0.2, 0.25) is 0 Å². The zero-order valence-electron chi connectivity index (χ0n) is 35.1. The number of hydrogen-bond acceptors (Lipinski definition) is 0. The molecule has 0 N–H and O–H groups in total. The number of hydrogen-bond donors (Lipinski definition) is 0. The molecule has 0 saturated heterocycles. The van der Waals surface area contributed by atoms with Crippen LogP contribution >= 0.6 is 0 Å². The van der Waals surface area contributed by atoms with E-state index in [1.54, 1.807) is 0 Å². The molecule has 2 aliphatic carbocycles. The van der Waals surface area contributed by atoms with Gasteiger partial charge >= 0.3 is 151 Å². The fourth-order valence-corrected chi connectivity index (χ4v) is 7.28. The first-order valence-electron chi connectivity index (χ1n) is 18.7. The van der Waals surface area contributed by atoms with Gasteiger partial charge in [0.15, 0.2) is 0 Å². The van der Waals surface area contributed by atoms with Crippen molar-refractivity contribution < 1.29 is 49.0 Å². The van der Waals surface area contributed by atoms with Crippen LogP contribution in [-0.2, 0) is 52.3 Å². The summed E-state index contributed by atoms with van der Waals surface area (Å²) in [5.74, 6) is 0.551. The minimum absolute atomic E-state index is 0. The summed E-state index contributed by atoms with van der Waals surface area (Å²) in [6, 6.07) is 33.3. The number of rotatable bonds is 2. The molecule has 0 heterocycles. The molecule has 0 spiro atoms. The van der Waals surface area contributed by atoms with Crippen LogP contribution in [0.5, 0.6) is 0 Å². The van der Waals surface area contributed by atoms with Gasteiger partial charge in [-0.3, -0.25) is 6.08 Å². The first-order valence-corrected chi connectivity index (χ1v) is 20.0. The molecule has 0 saturated carbocycles. The largest absolute Gasteiger partial charge is 1.00 e. The third-order valence-corrected chi connectivity index (χ3v) is 11.5. The molecule has 0 radical (unpaired) electrons. The van der Waals surface area contributed by atoms with Gasteiger partial charge in [-0.2, -0.15) is 29.8 Å². The molecule has 282 valence electrons. The molecule has 0 amide bonds. The van der Waals surface area contributed by atoms with E-state index in [4.69, 9.17) is 0 Å². The first kappa shape index (κ1) is 46.8. The van der Waals surface area contributed by atoms with Crippen molar-refractivity contribution in [2.75, 3.05) is 0 Å². The number of fused-ring (bicyclic) bond motifs is 3. The van der Waals surface area contributed by atoms with Crippen LogP contribution in [0.2, 0.25) is 0 Å². The van der Waals surface area contributed by atoms with Gasteiger partial charge in [0, 0.05) is 0 Å². The standard InChI is InChI=1S/C21H25.C21H26.C8H11.2ClH.Zr/c1-20(2,3)16-7-9-18-14(12-16)11-15-13-17(21(4,5)6)8-10-19(15)18;1-20(2,3)18-11-7-16(8-12-18)15-17-9-13-19(14-10-17)21(4,5)6;1-6-4-7(2)8(3)5-6;;;/h7-10,12H,11H2,1-6H3;7-14H,1-6H3;4,6H,1-3H3;2*1H;/q-1;;-1;;;+2/p-2. The predicted octanol–water partition coefficient (Wildman–Crippen LogP) is 7.39. The summed E-state index contributed by atoms with van der Waals surface area (Å²) >= 11 is 1.46. The van der Waals surface area contributed by atoms with E-state index >= 15 is 0 Å². The average Bonchev–Trinajstić information content (AvgIpc) is 3.55. The quantitative estimate of drug-likeness (QED) is 0.163. The Hall–Kier alpha value is -2.31. The zero-order chi connectivity index (χ0) is 38.1. The summed E-state index contributed by atoms with van der Waals surface area (Å²) in [6.45, 7) is 33.5. The predicted molar refractivity (Wildman–Crippen MR) is 220 cm³/mol. The van der Waals surface area contributed by atoms with Crippen molar-refractivity contribution in [3.8, 4) is 11.1 Å². The minimum Gasteiger partial charge on any atom is -1.00 e. The molecule has 0 nitrogen and oxygen atoms in total. The fraction of sp³-hybridized carbons (Fsp3) is 0.420. The van der Waals surface area contributed by atoms with Crippen LogP contribution in [0.3, 0.4) is 0 Å². The van der Waals surface area contributed by atoms with Crippen LogP contribution in [0.4, 0.5) is 0 Å². The number of benzene rings is 4. The summed E-state index contributed by atoms with van der Waals surface area (Å²) in [5.41, 5.74) is 17.3. The van der Waals surface area contributed by atoms with E-state index in [0.717, 1.165) is 6.42 Å². The molecule has 4 aromatic rings. The maximum atomic E-state index is 3.67. The molecule has 0 fully saturated rings. The van der Waals surface area contributed by atoms with Crippen LogP contribution in [0.1, 0.15) is 148 Å². The van der Waals surface area contributed by atoms with Gasteiger partial charge < -0.3 is 24.8 Å². The van der Waals surface area contributed by atoms with Crippen LogP contribution in [0.15, 0.2) is 96.1 Å². The number of allylic oxidation sites excluding steroid dienone is 4. The Kier molecular flexibility index (Phi) is 16.0. The van der Waals surface area contributed by atoms with E-state index in [9.17, 15) is 0 Å². The SMILES string of the molecule is CC(C)(C)c1[c-]c2c(cc1)-c1ccc(C(C)(C)C)cc1C2.CC(C)(C)c1ccc([C](=[Zr+2])c2ccc(C(C)(C)C)cc2)cc1.CC1=[C-]C(C)C=C1C.[Cl-].[Cl-]. The smallest absolute Gasteiger partial charge is 0.0733 e. The monoisotopic (exact) mass is 822 g/mol. The van der Waals surface area contributed by atoms with Crippen molar-refractivity contribution in [3.63, 3.8) is 0 Å². The second-order valence-electron chi connectivity index (χ2n) is 18.8. The Morgan fingerprint density at radius 1 is 0.585 bits per heavy atom. The van der Waals surface area contributed by atoms with Crippen molar-refractivity contribution >= 4 is 3.21 Å². The second-order valence-corrected chi connectivity index (χ2v) is 20.0. The molecular formula is C50H62Cl2Zr-2. The van der Waals surface area contributed by atoms with Gasteiger partial charge in [0.05, 0.1) is 0 Å². The van der Waals surface area contributed by atoms with Crippen molar-refractivity contribution in [2.24, 2.45) is 5.92 Å². The van der Waals surface area contributed by atoms with Crippen LogP contribution in [0, 0.1) is 18.1 Å². The van der Waals surface area contributed by atoms with E-state index in [-0.39, 0.29) is 46.5 Å². The third-order valence-electron chi connectivity index (χ3n) is 10.1. The average molecular weight is 825 g/mol. The molecular weight excluding hydrogens is 763 g/mol. The summed E-state index contributed by atoms with van der Waals surface area (Å²) in [6.07, 6.45) is 6.55. The van der Waals surface area contributed by atoms with Crippen molar-refractivity contribution in [3.05, 3.63) is 153 Å². The second kappa shape index (κ2) is 18.1. The molecule has 1 unspecified atom stereocenters. The molecule has 53 heavy (non-hydrogen) atoms. The number of halogens is 2. The van der Waals surface area contributed by atoms with E-state index < -0.39 is 0 Å². The van der Waals surface area contributed by atoms with E-state index in [0.29, 0.717) is 5.92 Å². The van der Waals surface area contributed by atoms with Crippen LogP contribution in [-0.4, -0.2) is 3.21 Å². The Balaban J connectivity index is 0.000000295. The maximum absolute atomic E-state index is 3.67. The Bertz CT molecular complexity index is 1770. The molecule has 6 rings (SSSR count). The minimum atomic E-state index is 0. The molecule has 1 atom stereocenters. The normalized spacial score (nSPS) is 14.8. The molecule has 0 aromatic heterocycles. The Morgan fingerprint density at radius 2 is 1.02 bits per heavy atom. The van der Waals surface area contributed by atoms with Crippen molar-refractivity contribution in [2.45, 2.75) is 132 Å². The summed E-state index contributed by atoms with van der Waals surface area (Å²) in [7, 11) is 0. The Labute approximate surface area is 351 Å². The zero-order valence-corrected chi connectivity index (χ0v) is 39.1. The van der Waals surface area contributed by atoms with Crippen LogP contribution in [0.25, 0.3) is 11.1 Å². The summed E-state index contributed by atoms with van der Waals surface area (Å²) in [4.78, 5) is 0. The van der Waals surface area contributed by atoms with Gasteiger partial charge in [0.1, 0.15) is 0 Å². The third kappa shape index (κ3) is 12.3. The molecule has 0 bridgehead atoms. The fourth-order valence-electron chi connectivity index (χ4n) is 6.47. The van der Waals surface area contributed by atoms with E-state index in [1.165, 1.54) is 94.2 Å². The molecule has 3 heteroatoms. The molecule has 2 aliphatic rings. The topological polar surface area (TPSA) is 0 Å². The van der Waals surface area contributed by atoms with E-state index in [2.05, 4.69) is 201 Å². The van der Waals surface area contributed by atoms with Crippen molar-refractivity contribution in [1.82, 2.24) is 0 Å². The molecule has 4 aromatic carbocycles. The summed E-state index contributed by atoms with van der Waals surface area (Å²) < 4.78 is 1.42. The van der Waals surface area contributed by atoms with Gasteiger partial charge in [-0.1, -0.05) is 85.1 Å². The first-order chi connectivity index (χ1) is 23.4.